The lowest BCUT2D eigenvalue weighted by molar-refractivity contribution is -0.145. The Bertz CT molecular complexity index is 406. The van der Waals surface area contributed by atoms with Crippen LogP contribution in [0, 0.1) is 0 Å². The lowest BCUT2D eigenvalue weighted by Crippen LogP contribution is -2.29. The van der Waals surface area contributed by atoms with Crippen molar-refractivity contribution < 1.29 is 23.5 Å². The van der Waals surface area contributed by atoms with Gasteiger partial charge in [0.05, 0.1) is 0 Å². The molecule has 4 nitrogen and oxygen atoms in total. The molecule has 1 N–H and O–H groups in total. The van der Waals surface area contributed by atoms with Crippen LogP contribution < -0.4 is 0 Å². The summed E-state index contributed by atoms with van der Waals surface area (Å²) < 4.78 is 24.6. The highest BCUT2D eigenvalue weighted by Crippen LogP contribution is 2.23. The van der Waals surface area contributed by atoms with E-state index in [1.807, 2.05) is 0 Å². The molecule has 0 aromatic heterocycles. The SMILES string of the molecule is CN(C=O)C(C(=O)O)c1ccc(C(F)F)cc1. The second kappa shape index (κ2) is 5.38. The van der Waals surface area contributed by atoms with Gasteiger partial charge >= 0.3 is 5.97 Å². The molecule has 1 unspecified atom stereocenters. The highest BCUT2D eigenvalue weighted by molar-refractivity contribution is 5.78. The summed E-state index contributed by atoms with van der Waals surface area (Å²) >= 11 is 0. The highest BCUT2D eigenvalue weighted by Gasteiger charge is 2.23. The van der Waals surface area contributed by atoms with Crippen molar-refractivity contribution in [2.75, 3.05) is 7.05 Å². The molecule has 0 spiro atoms. The smallest absolute Gasteiger partial charge is 0.331 e. The van der Waals surface area contributed by atoms with Crippen molar-refractivity contribution in [2.45, 2.75) is 12.5 Å². The van der Waals surface area contributed by atoms with Crippen LogP contribution in [0.3, 0.4) is 0 Å². The van der Waals surface area contributed by atoms with Crippen molar-refractivity contribution >= 4 is 12.4 Å². The molecule has 0 saturated heterocycles. The fraction of sp³-hybridized carbons (Fsp3) is 0.273. The molecule has 17 heavy (non-hydrogen) atoms. The number of carbonyl (C=O) groups excluding carboxylic acids is 1. The molecule has 1 rings (SSSR count). The van der Waals surface area contributed by atoms with Gasteiger partial charge in [0.1, 0.15) is 0 Å². The van der Waals surface area contributed by atoms with E-state index in [-0.39, 0.29) is 11.1 Å². The zero-order chi connectivity index (χ0) is 13.0. The summed E-state index contributed by atoms with van der Waals surface area (Å²) in [6.45, 7) is 0. The molecule has 0 radical (unpaired) electrons. The molecule has 92 valence electrons. The van der Waals surface area contributed by atoms with Crippen LogP contribution >= 0.6 is 0 Å². The Balaban J connectivity index is 3.03. The first-order valence-corrected chi connectivity index (χ1v) is 4.75. The van der Waals surface area contributed by atoms with E-state index < -0.39 is 18.4 Å². The first kappa shape index (κ1) is 13.1. The van der Waals surface area contributed by atoms with Crippen molar-refractivity contribution in [3.8, 4) is 0 Å². The van der Waals surface area contributed by atoms with Gasteiger partial charge in [-0.2, -0.15) is 0 Å². The van der Waals surface area contributed by atoms with Gasteiger partial charge in [0.2, 0.25) is 6.41 Å². The van der Waals surface area contributed by atoms with Crippen LogP contribution in [-0.2, 0) is 9.59 Å². The van der Waals surface area contributed by atoms with Crippen LogP contribution in [-0.4, -0.2) is 29.4 Å². The van der Waals surface area contributed by atoms with Gasteiger partial charge in [-0.15, -0.1) is 0 Å². The Morgan fingerprint density at radius 2 is 1.76 bits per heavy atom. The van der Waals surface area contributed by atoms with Crippen molar-refractivity contribution in [2.24, 2.45) is 0 Å². The lowest BCUT2D eigenvalue weighted by Gasteiger charge is -2.20. The van der Waals surface area contributed by atoms with E-state index in [1.165, 1.54) is 19.2 Å². The van der Waals surface area contributed by atoms with E-state index in [2.05, 4.69) is 0 Å². The first-order chi connectivity index (χ1) is 7.97. The average molecular weight is 243 g/mol. The Morgan fingerprint density at radius 1 is 1.29 bits per heavy atom. The molecule has 0 heterocycles. The zero-order valence-electron chi connectivity index (χ0n) is 9.01. The van der Waals surface area contributed by atoms with Gasteiger partial charge in [0, 0.05) is 12.6 Å². The highest BCUT2D eigenvalue weighted by atomic mass is 19.3. The maximum absolute atomic E-state index is 12.3. The van der Waals surface area contributed by atoms with Crippen LogP contribution in [0.5, 0.6) is 0 Å². The molecule has 1 aromatic carbocycles. The molecule has 0 aliphatic heterocycles. The number of alkyl halides is 2. The van der Waals surface area contributed by atoms with Gasteiger partial charge in [-0.25, -0.2) is 13.6 Å². The van der Waals surface area contributed by atoms with Gasteiger partial charge in [0.25, 0.3) is 6.43 Å². The number of rotatable bonds is 5. The minimum absolute atomic E-state index is 0.188. The number of carboxylic acid groups (broad SMARTS) is 1. The fourth-order valence-electron chi connectivity index (χ4n) is 1.44. The number of aliphatic carboxylic acids is 1. The van der Waals surface area contributed by atoms with Crippen LogP contribution in [0.2, 0.25) is 0 Å². The normalized spacial score (nSPS) is 12.2. The maximum Gasteiger partial charge on any atom is 0.331 e. The Labute approximate surface area is 96.5 Å². The van der Waals surface area contributed by atoms with E-state index in [0.717, 1.165) is 17.0 Å². The maximum atomic E-state index is 12.3. The molecule has 1 aromatic rings. The third kappa shape index (κ3) is 2.99. The third-order valence-corrected chi connectivity index (χ3v) is 2.31. The molecule has 0 saturated carbocycles. The number of hydrogen-bond donors (Lipinski definition) is 1. The number of nitrogens with zero attached hydrogens (tertiary/aromatic N) is 1. The number of hydrogen-bond acceptors (Lipinski definition) is 2. The van der Waals surface area contributed by atoms with Crippen LogP contribution in [0.25, 0.3) is 0 Å². The van der Waals surface area contributed by atoms with Crippen molar-refractivity contribution in [1.29, 1.82) is 0 Å². The summed E-state index contributed by atoms with van der Waals surface area (Å²) in [5.74, 6) is -1.22. The van der Waals surface area contributed by atoms with E-state index in [4.69, 9.17) is 5.11 Å². The van der Waals surface area contributed by atoms with Crippen molar-refractivity contribution in [3.63, 3.8) is 0 Å². The molecule has 6 heteroatoms. The number of benzene rings is 1. The Hall–Kier alpha value is -1.98. The molecular formula is C11H11F2NO3. The van der Waals surface area contributed by atoms with Crippen LogP contribution in [0.4, 0.5) is 8.78 Å². The quantitative estimate of drug-likeness (QED) is 0.803. The van der Waals surface area contributed by atoms with E-state index in [9.17, 15) is 18.4 Å². The monoisotopic (exact) mass is 243 g/mol. The minimum atomic E-state index is -2.60. The number of carboxylic acids is 1. The summed E-state index contributed by atoms with van der Waals surface area (Å²) in [6, 6.07) is 3.68. The molecule has 0 aliphatic rings. The van der Waals surface area contributed by atoms with Gasteiger partial charge < -0.3 is 10.0 Å². The van der Waals surface area contributed by atoms with Gasteiger partial charge in [0.15, 0.2) is 6.04 Å². The third-order valence-electron chi connectivity index (χ3n) is 2.31. The van der Waals surface area contributed by atoms with Crippen molar-refractivity contribution in [3.05, 3.63) is 35.4 Å². The summed E-state index contributed by atoms with van der Waals surface area (Å²) in [7, 11) is 1.31. The van der Waals surface area contributed by atoms with E-state index >= 15 is 0 Å². The largest absolute Gasteiger partial charge is 0.479 e. The molecule has 0 fully saturated rings. The Kier molecular flexibility index (Phi) is 4.14. The summed E-state index contributed by atoms with van der Waals surface area (Å²) in [5.41, 5.74) is 0.0862. The van der Waals surface area contributed by atoms with Crippen molar-refractivity contribution in [1.82, 2.24) is 4.90 Å². The predicted molar refractivity (Wildman–Crippen MR) is 55.6 cm³/mol. The zero-order valence-corrected chi connectivity index (χ0v) is 9.01. The second-order valence-corrected chi connectivity index (χ2v) is 3.48. The predicted octanol–water partition coefficient (Wildman–Crippen LogP) is 1.84. The molecule has 1 atom stereocenters. The standard InChI is InChI=1S/C11H11F2NO3/c1-14(6-15)9(11(16)17)7-2-4-8(5-3-7)10(12)13/h2-6,9-10H,1H3,(H,16,17). The van der Waals surface area contributed by atoms with Crippen LogP contribution in [0.15, 0.2) is 24.3 Å². The number of likely N-dealkylation sites (N-methyl/N-ethyl adjacent to an activating group) is 1. The summed E-state index contributed by atoms with van der Waals surface area (Å²) in [6.07, 6.45) is -2.23. The number of halogens is 2. The Morgan fingerprint density at radius 3 is 2.12 bits per heavy atom. The van der Waals surface area contributed by atoms with Crippen LogP contribution in [0.1, 0.15) is 23.6 Å². The molecule has 0 aliphatic carbocycles. The summed E-state index contributed by atoms with van der Waals surface area (Å²) in [4.78, 5) is 22.5. The number of amides is 1. The minimum Gasteiger partial charge on any atom is -0.479 e. The fourth-order valence-corrected chi connectivity index (χ4v) is 1.44. The first-order valence-electron chi connectivity index (χ1n) is 4.75. The van der Waals surface area contributed by atoms with E-state index in [1.54, 1.807) is 0 Å². The van der Waals surface area contributed by atoms with Gasteiger partial charge in [-0.3, -0.25) is 4.79 Å². The van der Waals surface area contributed by atoms with Gasteiger partial charge in [-0.1, -0.05) is 24.3 Å². The molecule has 1 amide bonds. The second-order valence-electron chi connectivity index (χ2n) is 3.48. The molecule has 0 bridgehead atoms. The lowest BCUT2D eigenvalue weighted by atomic mass is 10.0. The summed E-state index contributed by atoms with van der Waals surface area (Å²) in [5, 5.41) is 8.96. The topological polar surface area (TPSA) is 57.6 Å². The van der Waals surface area contributed by atoms with Gasteiger partial charge in [-0.05, 0) is 5.56 Å². The number of carbonyl (C=O) groups is 2. The molecular weight excluding hydrogens is 232 g/mol. The van der Waals surface area contributed by atoms with E-state index in [0.29, 0.717) is 6.41 Å². The average Bonchev–Trinajstić information content (AvgIpc) is 2.29.